The normalized spacial score (nSPS) is 16.0. The number of hydrogen-bond acceptors (Lipinski definition) is 4. The minimum Gasteiger partial charge on any atom is -0.495 e. The van der Waals surface area contributed by atoms with Crippen molar-refractivity contribution < 1.29 is 9.53 Å². The Morgan fingerprint density at radius 2 is 2.14 bits per heavy atom. The summed E-state index contributed by atoms with van der Waals surface area (Å²) in [4.78, 5) is 14.3. The van der Waals surface area contributed by atoms with E-state index in [1.807, 2.05) is 0 Å². The molecule has 0 spiro atoms. The predicted molar refractivity (Wildman–Crippen MR) is 92.1 cm³/mol. The van der Waals surface area contributed by atoms with Crippen LogP contribution in [0.3, 0.4) is 0 Å². The zero-order valence-electron chi connectivity index (χ0n) is 12.7. The van der Waals surface area contributed by atoms with Gasteiger partial charge < -0.3 is 15.8 Å². The van der Waals surface area contributed by atoms with Gasteiger partial charge in [-0.2, -0.15) is 0 Å². The molecule has 1 amide bonds. The Balaban J connectivity index is 0.00000242. The molecule has 0 aliphatic carbocycles. The molecule has 1 saturated heterocycles. The van der Waals surface area contributed by atoms with Crippen molar-refractivity contribution in [3.63, 3.8) is 0 Å². The molecule has 1 aliphatic heterocycles. The molecule has 5 nitrogen and oxygen atoms in total. The van der Waals surface area contributed by atoms with E-state index in [0.717, 1.165) is 32.5 Å². The first-order valence-electron chi connectivity index (χ1n) is 7.18. The lowest BCUT2D eigenvalue weighted by atomic mass is 9.97. The highest BCUT2D eigenvalue weighted by Gasteiger charge is 2.20. The highest BCUT2D eigenvalue weighted by Crippen LogP contribution is 2.27. The summed E-state index contributed by atoms with van der Waals surface area (Å²) < 4.78 is 5.22. The number of carbonyl (C=O) groups is 1. The van der Waals surface area contributed by atoms with Crippen LogP contribution in [0.15, 0.2) is 18.2 Å². The smallest absolute Gasteiger partial charge is 0.238 e. The molecule has 0 radical (unpaired) electrons. The van der Waals surface area contributed by atoms with Crippen molar-refractivity contribution in [2.24, 2.45) is 11.7 Å². The Bertz CT molecular complexity index is 492. The summed E-state index contributed by atoms with van der Waals surface area (Å²) in [7, 11) is 1.57. The second kappa shape index (κ2) is 9.20. The van der Waals surface area contributed by atoms with Crippen LogP contribution in [0.1, 0.15) is 12.8 Å². The van der Waals surface area contributed by atoms with E-state index in [1.165, 1.54) is 0 Å². The monoisotopic (exact) mass is 347 g/mol. The molecule has 7 heteroatoms. The number of piperidine rings is 1. The first-order valence-corrected chi connectivity index (χ1v) is 7.56. The summed E-state index contributed by atoms with van der Waals surface area (Å²) in [6.07, 6.45) is 2.12. The molecule has 0 bridgehead atoms. The Morgan fingerprint density at radius 1 is 1.45 bits per heavy atom. The lowest BCUT2D eigenvalue weighted by Crippen LogP contribution is -2.40. The van der Waals surface area contributed by atoms with Crippen molar-refractivity contribution in [3.8, 4) is 5.75 Å². The van der Waals surface area contributed by atoms with Crippen molar-refractivity contribution in [2.75, 3.05) is 38.6 Å². The fraction of sp³-hybridized carbons (Fsp3) is 0.533. The highest BCUT2D eigenvalue weighted by atomic mass is 35.5. The largest absolute Gasteiger partial charge is 0.495 e. The van der Waals surface area contributed by atoms with Crippen LogP contribution in [0, 0.1) is 5.92 Å². The van der Waals surface area contributed by atoms with E-state index in [0.29, 0.717) is 28.9 Å². The topological polar surface area (TPSA) is 67.6 Å². The summed E-state index contributed by atoms with van der Waals surface area (Å²) in [6.45, 7) is 2.96. The Labute approximate surface area is 142 Å². The van der Waals surface area contributed by atoms with Gasteiger partial charge in [0, 0.05) is 5.02 Å². The number of methoxy groups -OCH3 is 1. The Hall–Kier alpha value is -1.01. The molecule has 2 rings (SSSR count). The maximum Gasteiger partial charge on any atom is 0.238 e. The summed E-state index contributed by atoms with van der Waals surface area (Å²) in [5, 5.41) is 3.42. The lowest BCUT2D eigenvalue weighted by Gasteiger charge is -2.30. The number of nitrogens with zero attached hydrogens (tertiary/aromatic N) is 1. The molecule has 0 unspecified atom stereocenters. The maximum absolute atomic E-state index is 12.1. The number of amides is 1. The molecule has 22 heavy (non-hydrogen) atoms. The van der Waals surface area contributed by atoms with Gasteiger partial charge in [-0.15, -0.1) is 12.4 Å². The molecule has 1 heterocycles. The maximum atomic E-state index is 12.1. The van der Waals surface area contributed by atoms with Gasteiger partial charge in [0.05, 0.1) is 19.3 Å². The molecule has 1 aromatic rings. The van der Waals surface area contributed by atoms with Gasteiger partial charge in [-0.05, 0) is 56.6 Å². The summed E-state index contributed by atoms with van der Waals surface area (Å²) in [6, 6.07) is 5.16. The summed E-state index contributed by atoms with van der Waals surface area (Å²) in [5.41, 5.74) is 6.28. The Morgan fingerprint density at radius 3 is 2.73 bits per heavy atom. The number of nitrogens with two attached hydrogens (primary N) is 1. The Kier molecular flexibility index (Phi) is 7.96. The average Bonchev–Trinajstić information content (AvgIpc) is 2.48. The molecule has 3 N–H and O–H groups in total. The van der Waals surface area contributed by atoms with Gasteiger partial charge in [0.15, 0.2) is 0 Å². The van der Waals surface area contributed by atoms with Gasteiger partial charge in [-0.1, -0.05) is 11.6 Å². The number of hydrogen-bond donors (Lipinski definition) is 2. The molecule has 1 fully saturated rings. The second-order valence-corrected chi connectivity index (χ2v) is 5.78. The minimum absolute atomic E-state index is 0. The number of benzene rings is 1. The number of carbonyl (C=O) groups excluding carboxylic acids is 1. The van der Waals surface area contributed by atoms with Crippen LogP contribution in [0.4, 0.5) is 5.69 Å². The molecule has 124 valence electrons. The van der Waals surface area contributed by atoms with Crippen molar-refractivity contribution in [1.29, 1.82) is 0 Å². The van der Waals surface area contributed by atoms with E-state index in [9.17, 15) is 4.79 Å². The first-order chi connectivity index (χ1) is 10.1. The number of anilines is 1. The van der Waals surface area contributed by atoms with E-state index in [2.05, 4.69) is 10.2 Å². The van der Waals surface area contributed by atoms with Crippen molar-refractivity contribution >= 4 is 35.6 Å². The van der Waals surface area contributed by atoms with E-state index >= 15 is 0 Å². The fourth-order valence-electron chi connectivity index (χ4n) is 2.55. The third-order valence-corrected chi connectivity index (χ3v) is 4.08. The highest BCUT2D eigenvalue weighted by molar-refractivity contribution is 6.31. The van der Waals surface area contributed by atoms with Gasteiger partial charge in [-0.3, -0.25) is 9.69 Å². The van der Waals surface area contributed by atoms with Crippen LogP contribution in [0.25, 0.3) is 0 Å². The van der Waals surface area contributed by atoms with Crippen LogP contribution in [0.5, 0.6) is 5.75 Å². The number of halogens is 2. The molecular formula is C15H23Cl2N3O2. The van der Waals surface area contributed by atoms with E-state index < -0.39 is 0 Å². The number of ether oxygens (including phenoxy) is 1. The molecule has 1 aliphatic rings. The van der Waals surface area contributed by atoms with E-state index in [4.69, 9.17) is 22.1 Å². The second-order valence-electron chi connectivity index (χ2n) is 5.35. The lowest BCUT2D eigenvalue weighted by molar-refractivity contribution is -0.117. The van der Waals surface area contributed by atoms with E-state index in [1.54, 1.807) is 25.3 Å². The van der Waals surface area contributed by atoms with Crippen molar-refractivity contribution in [1.82, 2.24) is 4.90 Å². The van der Waals surface area contributed by atoms with Crippen LogP contribution in [-0.4, -0.2) is 44.1 Å². The van der Waals surface area contributed by atoms with Gasteiger partial charge in [0.2, 0.25) is 5.91 Å². The first kappa shape index (κ1) is 19.0. The molecule has 0 aromatic heterocycles. The third kappa shape index (κ3) is 5.32. The van der Waals surface area contributed by atoms with Crippen LogP contribution >= 0.6 is 24.0 Å². The standard InChI is InChI=1S/C15H22ClN3O2.ClH/c1-21-14-3-2-12(16)8-13(14)18-15(20)10-19-6-4-11(9-17)5-7-19;/h2-3,8,11H,4-7,9-10,17H2,1H3,(H,18,20);1H. The van der Waals surface area contributed by atoms with Crippen LogP contribution in [-0.2, 0) is 4.79 Å². The quantitative estimate of drug-likeness (QED) is 0.857. The number of likely N-dealkylation sites (tertiary alicyclic amines) is 1. The minimum atomic E-state index is -0.0539. The zero-order chi connectivity index (χ0) is 15.2. The average molecular weight is 348 g/mol. The molecule has 0 saturated carbocycles. The van der Waals surface area contributed by atoms with Gasteiger partial charge in [0.25, 0.3) is 0 Å². The zero-order valence-corrected chi connectivity index (χ0v) is 14.3. The van der Waals surface area contributed by atoms with E-state index in [-0.39, 0.29) is 18.3 Å². The molecule has 0 atom stereocenters. The number of rotatable bonds is 5. The summed E-state index contributed by atoms with van der Waals surface area (Å²) >= 11 is 5.95. The van der Waals surface area contributed by atoms with Crippen molar-refractivity contribution in [2.45, 2.75) is 12.8 Å². The van der Waals surface area contributed by atoms with Gasteiger partial charge in [0.1, 0.15) is 5.75 Å². The SMILES string of the molecule is COc1ccc(Cl)cc1NC(=O)CN1CCC(CN)CC1.Cl. The van der Waals surface area contributed by atoms with Gasteiger partial charge in [-0.25, -0.2) is 0 Å². The summed E-state index contributed by atoms with van der Waals surface area (Å²) in [5.74, 6) is 1.15. The fourth-order valence-corrected chi connectivity index (χ4v) is 2.72. The predicted octanol–water partition coefficient (Wildman–Crippen LogP) is 2.38. The van der Waals surface area contributed by atoms with Crippen molar-refractivity contribution in [3.05, 3.63) is 23.2 Å². The van der Waals surface area contributed by atoms with Crippen LogP contribution < -0.4 is 15.8 Å². The number of nitrogens with one attached hydrogen (secondary N) is 1. The molecule has 1 aromatic carbocycles. The third-order valence-electron chi connectivity index (χ3n) is 3.84. The molecular weight excluding hydrogens is 325 g/mol. The van der Waals surface area contributed by atoms with Crippen LogP contribution in [0.2, 0.25) is 5.02 Å². The van der Waals surface area contributed by atoms with Gasteiger partial charge >= 0.3 is 0 Å².